The van der Waals surface area contributed by atoms with Crippen molar-refractivity contribution in [2.45, 2.75) is 13.0 Å². The SMILES string of the molecule is COc1cccc(C2/C(=C(\O)c3cc(OC)c(Cl)cc3OC)C(=O)C(=O)N2c2ccc(NC(C)=O)cc2)c1. The fourth-order valence-corrected chi connectivity index (χ4v) is 4.56. The number of Topliss-reactive ketones (excluding diaryl/α,β-unsaturated/α-hetero) is 1. The summed E-state index contributed by atoms with van der Waals surface area (Å²) >= 11 is 6.23. The van der Waals surface area contributed by atoms with Gasteiger partial charge in [-0.1, -0.05) is 23.7 Å². The number of benzene rings is 3. The van der Waals surface area contributed by atoms with E-state index in [1.165, 1.54) is 45.3 Å². The van der Waals surface area contributed by atoms with Crippen molar-refractivity contribution in [1.82, 2.24) is 0 Å². The van der Waals surface area contributed by atoms with E-state index in [9.17, 15) is 19.5 Å². The van der Waals surface area contributed by atoms with E-state index < -0.39 is 23.5 Å². The van der Waals surface area contributed by atoms with Gasteiger partial charge in [0.15, 0.2) is 0 Å². The molecule has 9 nitrogen and oxygen atoms in total. The van der Waals surface area contributed by atoms with Gasteiger partial charge in [0.25, 0.3) is 11.7 Å². The van der Waals surface area contributed by atoms with Crippen LogP contribution >= 0.6 is 11.6 Å². The van der Waals surface area contributed by atoms with E-state index >= 15 is 0 Å². The third-order valence-electron chi connectivity index (χ3n) is 6.05. The van der Waals surface area contributed by atoms with Gasteiger partial charge in [-0.3, -0.25) is 19.3 Å². The summed E-state index contributed by atoms with van der Waals surface area (Å²) in [6.45, 7) is 1.38. The van der Waals surface area contributed by atoms with Gasteiger partial charge >= 0.3 is 0 Å². The molecule has 1 aliphatic rings. The van der Waals surface area contributed by atoms with Gasteiger partial charge in [-0.25, -0.2) is 0 Å². The molecule has 1 aliphatic heterocycles. The molecule has 0 saturated carbocycles. The quantitative estimate of drug-likeness (QED) is 0.249. The Hall–Kier alpha value is -4.50. The number of rotatable bonds is 7. The summed E-state index contributed by atoms with van der Waals surface area (Å²) in [7, 11) is 4.31. The maximum absolute atomic E-state index is 13.5. The van der Waals surface area contributed by atoms with Crippen LogP contribution in [0, 0.1) is 0 Å². The monoisotopic (exact) mass is 536 g/mol. The number of hydrogen-bond donors (Lipinski definition) is 2. The van der Waals surface area contributed by atoms with Crippen LogP contribution in [0.25, 0.3) is 5.76 Å². The molecule has 1 atom stereocenters. The van der Waals surface area contributed by atoms with Crippen LogP contribution in [0.5, 0.6) is 17.2 Å². The van der Waals surface area contributed by atoms with Gasteiger partial charge in [0.2, 0.25) is 5.91 Å². The summed E-state index contributed by atoms with van der Waals surface area (Å²) in [5, 5.41) is 14.4. The second-order valence-corrected chi connectivity index (χ2v) is 8.77. The van der Waals surface area contributed by atoms with Crippen molar-refractivity contribution in [3.63, 3.8) is 0 Å². The largest absolute Gasteiger partial charge is 0.507 e. The van der Waals surface area contributed by atoms with E-state index in [-0.39, 0.29) is 33.6 Å². The molecule has 0 aliphatic carbocycles. The Morgan fingerprint density at radius 2 is 1.63 bits per heavy atom. The highest BCUT2D eigenvalue weighted by Gasteiger charge is 2.47. The zero-order valence-corrected chi connectivity index (χ0v) is 21.8. The molecule has 0 spiro atoms. The summed E-state index contributed by atoms with van der Waals surface area (Å²) in [4.78, 5) is 39.6. The molecule has 196 valence electrons. The van der Waals surface area contributed by atoms with Crippen LogP contribution in [0.1, 0.15) is 24.1 Å². The van der Waals surface area contributed by atoms with Crippen LogP contribution in [0.2, 0.25) is 5.02 Å². The summed E-state index contributed by atoms with van der Waals surface area (Å²) in [5.41, 5.74) is 1.40. The smallest absolute Gasteiger partial charge is 0.300 e. The minimum absolute atomic E-state index is 0.126. The number of halogens is 1. The molecular weight excluding hydrogens is 512 g/mol. The molecule has 0 aromatic heterocycles. The molecule has 0 radical (unpaired) electrons. The first-order chi connectivity index (χ1) is 18.2. The molecule has 1 heterocycles. The van der Waals surface area contributed by atoms with Crippen LogP contribution in [0.3, 0.4) is 0 Å². The molecule has 1 fully saturated rings. The highest BCUT2D eigenvalue weighted by atomic mass is 35.5. The number of aliphatic hydroxyl groups is 1. The lowest BCUT2D eigenvalue weighted by Crippen LogP contribution is -2.29. The van der Waals surface area contributed by atoms with Gasteiger partial charge < -0.3 is 24.6 Å². The number of hydrogen-bond acceptors (Lipinski definition) is 7. The van der Waals surface area contributed by atoms with Crippen LogP contribution in [-0.2, 0) is 14.4 Å². The summed E-state index contributed by atoms with van der Waals surface area (Å²) < 4.78 is 16.1. The van der Waals surface area contributed by atoms with E-state index in [1.54, 1.807) is 48.5 Å². The number of methoxy groups -OCH3 is 3. The molecule has 3 aromatic carbocycles. The zero-order chi connectivity index (χ0) is 27.6. The van der Waals surface area contributed by atoms with Crippen molar-refractivity contribution in [3.05, 3.63) is 82.4 Å². The Balaban J connectivity index is 1.95. The molecule has 38 heavy (non-hydrogen) atoms. The summed E-state index contributed by atoms with van der Waals surface area (Å²) in [6, 6.07) is 15.2. The van der Waals surface area contributed by atoms with E-state index in [2.05, 4.69) is 5.32 Å². The maximum Gasteiger partial charge on any atom is 0.300 e. The van der Waals surface area contributed by atoms with Crippen LogP contribution in [-0.4, -0.2) is 44.0 Å². The van der Waals surface area contributed by atoms with Gasteiger partial charge in [0.05, 0.1) is 43.5 Å². The van der Waals surface area contributed by atoms with Gasteiger partial charge in [0.1, 0.15) is 23.0 Å². The lowest BCUT2D eigenvalue weighted by Gasteiger charge is -2.26. The first-order valence-electron chi connectivity index (χ1n) is 11.4. The molecule has 2 amide bonds. The van der Waals surface area contributed by atoms with Crippen molar-refractivity contribution in [3.8, 4) is 17.2 Å². The summed E-state index contributed by atoms with van der Waals surface area (Å²) in [5.74, 6) is -1.51. The molecule has 0 bridgehead atoms. The molecular formula is C28H25ClN2O7. The fourth-order valence-electron chi connectivity index (χ4n) is 4.33. The van der Waals surface area contributed by atoms with Crippen LogP contribution in [0.15, 0.2) is 66.2 Å². The highest BCUT2D eigenvalue weighted by Crippen LogP contribution is 2.45. The Labute approximate surface area is 224 Å². The average Bonchev–Trinajstić information content (AvgIpc) is 3.18. The van der Waals surface area contributed by atoms with Crippen molar-refractivity contribution in [2.75, 3.05) is 31.5 Å². The highest BCUT2D eigenvalue weighted by molar-refractivity contribution is 6.51. The first-order valence-corrected chi connectivity index (χ1v) is 11.8. The number of nitrogens with zero attached hydrogens (tertiary/aromatic N) is 1. The lowest BCUT2D eigenvalue weighted by atomic mass is 9.94. The number of nitrogens with one attached hydrogen (secondary N) is 1. The average molecular weight is 537 g/mol. The normalized spacial score (nSPS) is 16.3. The number of amides is 2. The fraction of sp³-hybridized carbons (Fsp3) is 0.179. The minimum Gasteiger partial charge on any atom is -0.507 e. The van der Waals surface area contributed by atoms with E-state index in [0.29, 0.717) is 22.7 Å². The van der Waals surface area contributed by atoms with E-state index in [0.717, 1.165) is 0 Å². The van der Waals surface area contributed by atoms with Crippen molar-refractivity contribution >= 4 is 46.3 Å². The van der Waals surface area contributed by atoms with Gasteiger partial charge in [0, 0.05) is 24.4 Å². The van der Waals surface area contributed by atoms with Crippen LogP contribution < -0.4 is 24.4 Å². The standard InChI is InChI=1S/C28H25ClN2O7/c1-15(32)30-17-8-10-18(11-9-17)31-25(16-6-5-7-19(12-16)36-2)24(27(34)28(31)35)26(33)20-13-23(38-4)21(29)14-22(20)37-3/h5-14,25,33H,1-4H3,(H,30,32)/b26-24+. The Morgan fingerprint density at radius 1 is 0.947 bits per heavy atom. The second-order valence-electron chi connectivity index (χ2n) is 8.36. The molecule has 3 aromatic rings. The van der Waals surface area contributed by atoms with Gasteiger partial charge in [-0.05, 0) is 48.0 Å². The number of ether oxygens (including phenoxy) is 3. The zero-order valence-electron chi connectivity index (χ0n) is 21.1. The number of anilines is 2. The van der Waals surface area contributed by atoms with Gasteiger partial charge in [-0.15, -0.1) is 0 Å². The van der Waals surface area contributed by atoms with E-state index in [1.807, 2.05) is 0 Å². The molecule has 10 heteroatoms. The third-order valence-corrected chi connectivity index (χ3v) is 6.34. The molecule has 1 saturated heterocycles. The topological polar surface area (TPSA) is 114 Å². The third kappa shape index (κ3) is 4.88. The number of aliphatic hydroxyl groups excluding tert-OH is 1. The number of ketones is 1. The first kappa shape index (κ1) is 26.6. The molecule has 1 unspecified atom stereocenters. The van der Waals surface area contributed by atoms with Crippen LogP contribution in [0.4, 0.5) is 11.4 Å². The predicted octanol–water partition coefficient (Wildman–Crippen LogP) is 4.95. The van der Waals surface area contributed by atoms with Crippen molar-refractivity contribution in [1.29, 1.82) is 0 Å². The summed E-state index contributed by atoms with van der Waals surface area (Å²) in [6.07, 6.45) is 0. The van der Waals surface area contributed by atoms with Crippen molar-refractivity contribution < 1.29 is 33.7 Å². The molecule has 2 N–H and O–H groups in total. The Bertz CT molecular complexity index is 1450. The molecule has 4 rings (SSSR count). The Morgan fingerprint density at radius 3 is 2.24 bits per heavy atom. The predicted molar refractivity (Wildman–Crippen MR) is 143 cm³/mol. The minimum atomic E-state index is -1.01. The number of carbonyl (C=O) groups excluding carboxylic acids is 3. The maximum atomic E-state index is 13.5. The van der Waals surface area contributed by atoms with E-state index in [4.69, 9.17) is 25.8 Å². The van der Waals surface area contributed by atoms with Gasteiger partial charge in [-0.2, -0.15) is 0 Å². The second kappa shape index (κ2) is 10.9. The van der Waals surface area contributed by atoms with Crippen molar-refractivity contribution in [2.24, 2.45) is 0 Å². The Kier molecular flexibility index (Phi) is 7.59. The lowest BCUT2D eigenvalue weighted by molar-refractivity contribution is -0.132. The number of carbonyl (C=O) groups is 3.